The summed E-state index contributed by atoms with van der Waals surface area (Å²) in [4.78, 5) is 6.70. The summed E-state index contributed by atoms with van der Waals surface area (Å²) < 4.78 is 22.9. The van der Waals surface area contributed by atoms with Crippen LogP contribution >= 0.6 is 24.0 Å². The molecule has 0 bridgehead atoms. The third-order valence-corrected chi connectivity index (χ3v) is 5.91. The van der Waals surface area contributed by atoms with Gasteiger partial charge in [-0.1, -0.05) is 0 Å². The molecule has 2 fully saturated rings. The van der Waals surface area contributed by atoms with Crippen molar-refractivity contribution >= 4 is 39.8 Å². The van der Waals surface area contributed by atoms with Gasteiger partial charge in [-0.25, -0.2) is 8.42 Å². The zero-order valence-corrected chi connectivity index (χ0v) is 16.9. The third kappa shape index (κ3) is 6.19. The highest BCUT2D eigenvalue weighted by molar-refractivity contribution is 14.0. The maximum atomic E-state index is 11.5. The van der Waals surface area contributed by atoms with Crippen LogP contribution < -0.4 is 10.6 Å². The first-order valence-electron chi connectivity index (χ1n) is 7.84. The van der Waals surface area contributed by atoms with Crippen LogP contribution in [-0.4, -0.2) is 69.0 Å². The molecule has 2 rings (SSSR count). The Hall–Kier alpha value is -0.0900. The third-order valence-electron chi connectivity index (χ3n) is 4.14. The maximum Gasteiger partial charge on any atom is 0.191 e. The standard InChI is InChI=1S/C14H28N4O2S.HI/c1-11(2)18(13-4-5-13)8-7-16-14(15-3)17-12-6-9-21(19,20)10-12;/h11-13H,4-10H2,1-3H3,(H2,15,16,17);1H. The van der Waals surface area contributed by atoms with Gasteiger partial charge in [0, 0.05) is 38.3 Å². The first kappa shape index (κ1) is 20.0. The van der Waals surface area contributed by atoms with Crippen LogP contribution in [0.1, 0.15) is 33.1 Å². The monoisotopic (exact) mass is 444 g/mol. The Kier molecular flexibility index (Phi) is 7.87. The minimum Gasteiger partial charge on any atom is -0.355 e. The fraction of sp³-hybridized carbons (Fsp3) is 0.929. The van der Waals surface area contributed by atoms with Crippen molar-refractivity contribution < 1.29 is 8.42 Å². The predicted molar refractivity (Wildman–Crippen MR) is 102 cm³/mol. The van der Waals surface area contributed by atoms with Gasteiger partial charge in [0.05, 0.1) is 11.5 Å². The molecule has 0 spiro atoms. The summed E-state index contributed by atoms with van der Waals surface area (Å²) in [6, 6.07) is 1.31. The average Bonchev–Trinajstić information content (AvgIpc) is 3.17. The molecule has 0 aromatic carbocycles. The first-order valence-corrected chi connectivity index (χ1v) is 9.67. The van der Waals surface area contributed by atoms with Gasteiger partial charge in [0.2, 0.25) is 0 Å². The van der Waals surface area contributed by atoms with E-state index in [4.69, 9.17) is 0 Å². The van der Waals surface area contributed by atoms with Gasteiger partial charge in [-0.15, -0.1) is 24.0 Å². The lowest BCUT2D eigenvalue weighted by Crippen LogP contribution is -2.47. The molecule has 1 atom stereocenters. The van der Waals surface area contributed by atoms with Crippen molar-refractivity contribution in [3.8, 4) is 0 Å². The molecule has 1 saturated heterocycles. The Morgan fingerprint density at radius 1 is 1.32 bits per heavy atom. The van der Waals surface area contributed by atoms with Crippen LogP contribution in [0.5, 0.6) is 0 Å². The molecule has 1 aliphatic carbocycles. The van der Waals surface area contributed by atoms with E-state index in [1.54, 1.807) is 7.05 Å². The van der Waals surface area contributed by atoms with Crippen LogP contribution in [0.2, 0.25) is 0 Å². The molecule has 8 heteroatoms. The normalized spacial score (nSPS) is 24.4. The van der Waals surface area contributed by atoms with E-state index in [1.165, 1.54) is 12.8 Å². The number of rotatable bonds is 6. The molecule has 1 saturated carbocycles. The highest BCUT2D eigenvalue weighted by atomic mass is 127. The Labute approximate surface area is 151 Å². The van der Waals surface area contributed by atoms with Crippen LogP contribution in [0.4, 0.5) is 0 Å². The molecule has 1 heterocycles. The van der Waals surface area contributed by atoms with Crippen LogP contribution in [0.25, 0.3) is 0 Å². The molecule has 130 valence electrons. The Morgan fingerprint density at radius 3 is 2.45 bits per heavy atom. The minimum atomic E-state index is -2.85. The SMILES string of the molecule is CN=C(NCCN(C(C)C)C1CC1)NC1CCS(=O)(=O)C1.I. The summed E-state index contributed by atoms with van der Waals surface area (Å²) in [6.45, 7) is 6.28. The lowest BCUT2D eigenvalue weighted by molar-refractivity contribution is 0.215. The second kappa shape index (κ2) is 8.68. The minimum absolute atomic E-state index is 0. The second-order valence-electron chi connectivity index (χ2n) is 6.31. The summed E-state index contributed by atoms with van der Waals surface area (Å²) in [7, 11) is -1.13. The van der Waals surface area contributed by atoms with E-state index in [0.717, 1.165) is 19.1 Å². The summed E-state index contributed by atoms with van der Waals surface area (Å²) in [5, 5.41) is 6.50. The van der Waals surface area contributed by atoms with Crippen LogP contribution in [0.15, 0.2) is 4.99 Å². The lowest BCUT2D eigenvalue weighted by Gasteiger charge is -2.27. The number of sulfone groups is 1. The Morgan fingerprint density at radius 2 is 2.00 bits per heavy atom. The van der Waals surface area contributed by atoms with Crippen LogP contribution in [-0.2, 0) is 9.84 Å². The summed E-state index contributed by atoms with van der Waals surface area (Å²) in [6.07, 6.45) is 3.29. The molecule has 22 heavy (non-hydrogen) atoms. The molecule has 1 unspecified atom stereocenters. The molecule has 0 radical (unpaired) electrons. The topological polar surface area (TPSA) is 73.8 Å². The van der Waals surface area contributed by atoms with Gasteiger partial charge in [-0.05, 0) is 33.1 Å². The van der Waals surface area contributed by atoms with Gasteiger partial charge in [0.25, 0.3) is 0 Å². The molecule has 6 nitrogen and oxygen atoms in total. The predicted octanol–water partition coefficient (Wildman–Crippen LogP) is 0.829. The molecular formula is C14H29IN4O2S. The van der Waals surface area contributed by atoms with E-state index in [9.17, 15) is 8.42 Å². The van der Waals surface area contributed by atoms with E-state index in [0.29, 0.717) is 18.4 Å². The van der Waals surface area contributed by atoms with E-state index < -0.39 is 9.84 Å². The molecule has 1 aliphatic heterocycles. The second-order valence-corrected chi connectivity index (χ2v) is 8.53. The number of nitrogens with one attached hydrogen (secondary N) is 2. The zero-order chi connectivity index (χ0) is 15.5. The molecule has 0 aromatic heterocycles. The maximum absolute atomic E-state index is 11.5. The van der Waals surface area contributed by atoms with E-state index in [-0.39, 0.29) is 41.5 Å². The number of aliphatic imine (C=N–C) groups is 1. The van der Waals surface area contributed by atoms with Crippen molar-refractivity contribution in [1.82, 2.24) is 15.5 Å². The van der Waals surface area contributed by atoms with Crippen molar-refractivity contribution in [3.05, 3.63) is 0 Å². The van der Waals surface area contributed by atoms with Crippen molar-refractivity contribution in [2.45, 2.75) is 51.2 Å². The lowest BCUT2D eigenvalue weighted by atomic mass is 10.3. The molecule has 0 amide bonds. The van der Waals surface area contributed by atoms with Crippen LogP contribution in [0.3, 0.4) is 0 Å². The molecule has 2 N–H and O–H groups in total. The largest absolute Gasteiger partial charge is 0.355 e. The number of hydrogen-bond donors (Lipinski definition) is 2. The summed E-state index contributed by atoms with van der Waals surface area (Å²) in [5.41, 5.74) is 0. The first-order chi connectivity index (χ1) is 9.91. The van der Waals surface area contributed by atoms with Crippen molar-refractivity contribution in [1.29, 1.82) is 0 Å². The van der Waals surface area contributed by atoms with Crippen molar-refractivity contribution in [2.75, 3.05) is 31.6 Å². The fourth-order valence-electron chi connectivity index (χ4n) is 2.87. The smallest absolute Gasteiger partial charge is 0.191 e. The molecular weight excluding hydrogens is 415 g/mol. The highest BCUT2D eigenvalue weighted by Gasteiger charge is 2.30. The quantitative estimate of drug-likeness (QED) is 0.361. The summed E-state index contributed by atoms with van der Waals surface area (Å²) in [5.74, 6) is 1.20. The van der Waals surface area contributed by atoms with Gasteiger partial charge in [-0.2, -0.15) is 0 Å². The molecule has 0 aromatic rings. The Bertz CT molecular complexity index is 475. The Balaban J connectivity index is 0.00000242. The fourth-order valence-corrected chi connectivity index (χ4v) is 4.54. The van der Waals surface area contributed by atoms with Gasteiger partial charge >= 0.3 is 0 Å². The van der Waals surface area contributed by atoms with Crippen molar-refractivity contribution in [3.63, 3.8) is 0 Å². The highest BCUT2D eigenvalue weighted by Crippen LogP contribution is 2.27. The number of hydrogen-bond acceptors (Lipinski definition) is 4. The summed E-state index contributed by atoms with van der Waals surface area (Å²) >= 11 is 0. The van der Waals surface area contributed by atoms with E-state index >= 15 is 0 Å². The number of nitrogens with zero attached hydrogens (tertiary/aromatic N) is 2. The average molecular weight is 444 g/mol. The van der Waals surface area contributed by atoms with Gasteiger partial charge in [0.1, 0.15) is 0 Å². The van der Waals surface area contributed by atoms with Crippen LogP contribution in [0, 0.1) is 0 Å². The number of halogens is 1. The van der Waals surface area contributed by atoms with Gasteiger partial charge in [0.15, 0.2) is 15.8 Å². The van der Waals surface area contributed by atoms with E-state index in [2.05, 4.69) is 34.4 Å². The van der Waals surface area contributed by atoms with E-state index in [1.807, 2.05) is 0 Å². The number of guanidine groups is 1. The molecule has 2 aliphatic rings. The van der Waals surface area contributed by atoms with Gasteiger partial charge < -0.3 is 10.6 Å². The van der Waals surface area contributed by atoms with Gasteiger partial charge in [-0.3, -0.25) is 9.89 Å². The zero-order valence-electron chi connectivity index (χ0n) is 13.7. The van der Waals surface area contributed by atoms with Crippen molar-refractivity contribution in [2.24, 2.45) is 4.99 Å².